The minimum absolute atomic E-state index is 0.0107. The van der Waals surface area contributed by atoms with Crippen LogP contribution in [0.1, 0.15) is 105 Å². The molecule has 15 nitrogen and oxygen atoms in total. The third-order valence-corrected chi connectivity index (χ3v) is 13.5. The first-order chi connectivity index (χ1) is 29.0. The number of hydrogen-bond acceptors (Lipinski definition) is 15. The summed E-state index contributed by atoms with van der Waals surface area (Å²) in [6, 6.07) is 8.21. The van der Waals surface area contributed by atoms with Crippen LogP contribution in [0.15, 0.2) is 30.3 Å². The smallest absolute Gasteiger partial charge is 0.338 e. The Hall–Kier alpha value is -3.01. The minimum atomic E-state index is -2.03. The second-order valence-electron chi connectivity index (χ2n) is 18.7. The Morgan fingerprint density at radius 2 is 1.56 bits per heavy atom. The van der Waals surface area contributed by atoms with Gasteiger partial charge in [-0.25, -0.2) is 4.79 Å². The van der Waals surface area contributed by atoms with Crippen LogP contribution in [0.2, 0.25) is 0 Å². The van der Waals surface area contributed by atoms with Crippen molar-refractivity contribution < 1.29 is 67.6 Å². The molecule has 0 aromatic heterocycles. The number of hydrogen-bond donors (Lipinski definition) is 3. The van der Waals surface area contributed by atoms with Gasteiger partial charge in [-0.15, -0.1) is 6.42 Å². The maximum Gasteiger partial charge on any atom is 0.338 e. The zero-order valence-electron chi connectivity index (χ0n) is 38.9. The Morgan fingerprint density at radius 1 is 0.919 bits per heavy atom. The predicted octanol–water partition coefficient (Wildman–Crippen LogP) is 4.31. The van der Waals surface area contributed by atoms with E-state index in [9.17, 15) is 29.7 Å². The van der Waals surface area contributed by atoms with Crippen LogP contribution in [-0.4, -0.2) is 150 Å². The number of ether oxygens (including phenoxy) is 8. The molecule has 15 heteroatoms. The summed E-state index contributed by atoms with van der Waals surface area (Å²) in [5.41, 5.74) is -4.24. The van der Waals surface area contributed by atoms with E-state index in [0.29, 0.717) is 12.0 Å². The standard InChI is InChI=1S/C47H73NO14/c1-15-22-56-46(10)24-26(3)36(49)28(5)39(50)47(11,54)34(16-2)59-42(52)30(7)37(60-35-25-45(9,55-14)40(51)31(8)58-35)29(6)41(46)62-44-38(33(48(12)13)23-27(4)57-44)61-43(53)32-20-18-17-19-21-32/h1,17-21,26-31,33-35,37-41,44,50-51,54H,16,22-25H2,2-14H3/t26-,27-,28+,29+,30-,31+,33+,34-,35+,37+,38-,39-,40+,41-,44+,45-,46+,47-/m1/s1. The van der Waals surface area contributed by atoms with Crippen molar-refractivity contribution in [3.63, 3.8) is 0 Å². The number of carbonyl (C=O) groups excluding carboxylic acids is 3. The fraction of sp³-hybridized carbons (Fsp3) is 0.766. The van der Waals surface area contributed by atoms with Crippen molar-refractivity contribution in [2.45, 2.75) is 179 Å². The first-order valence-electron chi connectivity index (χ1n) is 22.0. The zero-order valence-corrected chi connectivity index (χ0v) is 38.9. The lowest BCUT2D eigenvalue weighted by atomic mass is 9.73. The molecular formula is C47H73NO14. The molecule has 62 heavy (non-hydrogen) atoms. The Balaban J connectivity index is 1.95. The topological polar surface area (TPSA) is 189 Å². The van der Waals surface area contributed by atoms with Crippen molar-refractivity contribution in [2.24, 2.45) is 23.7 Å². The molecular weight excluding hydrogens is 803 g/mol. The van der Waals surface area contributed by atoms with Gasteiger partial charge in [0, 0.05) is 31.3 Å². The van der Waals surface area contributed by atoms with Gasteiger partial charge in [-0.2, -0.15) is 0 Å². The van der Waals surface area contributed by atoms with Crippen LogP contribution in [0.5, 0.6) is 0 Å². The Labute approximate surface area is 368 Å². The van der Waals surface area contributed by atoms with Gasteiger partial charge in [0.25, 0.3) is 0 Å². The summed E-state index contributed by atoms with van der Waals surface area (Å²) in [7, 11) is 5.25. The van der Waals surface area contributed by atoms with Crippen LogP contribution in [0.3, 0.4) is 0 Å². The minimum Gasteiger partial charge on any atom is -0.459 e. The van der Waals surface area contributed by atoms with E-state index < -0.39 is 108 Å². The predicted molar refractivity (Wildman–Crippen MR) is 228 cm³/mol. The van der Waals surface area contributed by atoms with E-state index in [1.54, 1.807) is 71.9 Å². The molecule has 0 unspecified atom stereocenters. The molecule has 3 aliphatic heterocycles. The van der Waals surface area contributed by atoms with Crippen molar-refractivity contribution in [3.8, 4) is 12.3 Å². The summed E-state index contributed by atoms with van der Waals surface area (Å²) in [5, 5.41) is 34.5. The van der Waals surface area contributed by atoms with Crippen LogP contribution in [0.25, 0.3) is 0 Å². The highest BCUT2D eigenvalue weighted by atomic mass is 16.7. The fourth-order valence-electron chi connectivity index (χ4n) is 9.61. The fourth-order valence-corrected chi connectivity index (χ4v) is 9.61. The molecule has 0 saturated carbocycles. The van der Waals surface area contributed by atoms with Crippen molar-refractivity contribution in [2.75, 3.05) is 27.8 Å². The summed E-state index contributed by atoms with van der Waals surface area (Å²) >= 11 is 0. The summed E-state index contributed by atoms with van der Waals surface area (Å²) < 4.78 is 51.5. The number of ketones is 1. The zero-order chi connectivity index (χ0) is 46.5. The van der Waals surface area contributed by atoms with E-state index in [-0.39, 0.29) is 43.8 Å². The number of methoxy groups -OCH3 is 1. The molecule has 3 aliphatic rings. The number of cyclic esters (lactones) is 1. The number of rotatable bonds is 11. The molecule has 0 aliphatic carbocycles. The molecule has 3 fully saturated rings. The first kappa shape index (κ1) is 51.6. The van der Waals surface area contributed by atoms with Crippen LogP contribution < -0.4 is 0 Å². The van der Waals surface area contributed by atoms with Crippen molar-refractivity contribution in [3.05, 3.63) is 35.9 Å². The number of aliphatic hydroxyl groups excluding tert-OH is 2. The van der Waals surface area contributed by atoms with Gasteiger partial charge in [0.2, 0.25) is 0 Å². The summed E-state index contributed by atoms with van der Waals surface area (Å²) in [4.78, 5) is 44.5. The molecule has 1 aromatic rings. The molecule has 3 heterocycles. The second kappa shape index (κ2) is 21.3. The summed E-state index contributed by atoms with van der Waals surface area (Å²) in [6.45, 7) is 16.6. The quantitative estimate of drug-likeness (QED) is 0.211. The maximum atomic E-state index is 14.5. The molecule has 4 rings (SSSR count). The lowest BCUT2D eigenvalue weighted by Gasteiger charge is -2.50. The van der Waals surface area contributed by atoms with Gasteiger partial charge in [0.1, 0.15) is 30.2 Å². The number of likely N-dealkylation sites (N-methyl/N-ethyl adjacent to an activating group) is 1. The van der Waals surface area contributed by atoms with Crippen LogP contribution in [0, 0.1) is 36.0 Å². The number of terminal acetylenes is 1. The molecule has 350 valence electrons. The van der Waals surface area contributed by atoms with E-state index in [1.807, 2.05) is 32.8 Å². The van der Waals surface area contributed by atoms with Crippen LogP contribution >= 0.6 is 0 Å². The Bertz CT molecular complexity index is 1690. The van der Waals surface area contributed by atoms with Gasteiger partial charge >= 0.3 is 11.9 Å². The number of Topliss-reactive ketones (excluding diaryl/α,β-unsaturated/α-hetero) is 1. The Morgan fingerprint density at radius 3 is 2.15 bits per heavy atom. The maximum absolute atomic E-state index is 14.5. The lowest BCUT2D eigenvalue weighted by molar-refractivity contribution is -0.319. The van der Waals surface area contributed by atoms with Crippen LogP contribution in [0.4, 0.5) is 0 Å². The van der Waals surface area contributed by atoms with Crippen molar-refractivity contribution >= 4 is 17.7 Å². The number of esters is 2. The van der Waals surface area contributed by atoms with Crippen molar-refractivity contribution in [1.29, 1.82) is 0 Å². The molecule has 0 amide bonds. The molecule has 3 saturated heterocycles. The van der Waals surface area contributed by atoms with E-state index in [1.165, 1.54) is 21.0 Å². The van der Waals surface area contributed by atoms with Gasteiger partial charge in [-0.1, -0.05) is 51.8 Å². The van der Waals surface area contributed by atoms with E-state index in [4.69, 9.17) is 44.3 Å². The van der Waals surface area contributed by atoms with E-state index in [0.717, 1.165) is 0 Å². The van der Waals surface area contributed by atoms with Gasteiger partial charge in [-0.3, -0.25) is 9.59 Å². The third kappa shape index (κ3) is 11.4. The molecule has 0 spiro atoms. The third-order valence-electron chi connectivity index (χ3n) is 13.5. The lowest BCUT2D eigenvalue weighted by Crippen LogP contribution is -2.62. The molecule has 0 bridgehead atoms. The number of benzene rings is 1. The van der Waals surface area contributed by atoms with Gasteiger partial charge in [-0.05, 0) is 87.0 Å². The van der Waals surface area contributed by atoms with E-state index in [2.05, 4.69) is 5.92 Å². The molecule has 1 aromatic carbocycles. The highest BCUT2D eigenvalue weighted by Crippen LogP contribution is 2.42. The highest BCUT2D eigenvalue weighted by molar-refractivity contribution is 5.89. The Kier molecular flexibility index (Phi) is 17.8. The normalized spacial score (nSPS) is 42.7. The average Bonchev–Trinajstić information content (AvgIpc) is 3.23. The van der Waals surface area contributed by atoms with Gasteiger partial charge in [0.15, 0.2) is 18.7 Å². The summed E-state index contributed by atoms with van der Waals surface area (Å²) in [5.74, 6) is -3.04. The molecule has 18 atom stereocenters. The highest BCUT2D eigenvalue weighted by Gasteiger charge is 2.55. The largest absolute Gasteiger partial charge is 0.459 e. The number of carbonyl (C=O) groups is 3. The van der Waals surface area contributed by atoms with E-state index >= 15 is 0 Å². The van der Waals surface area contributed by atoms with Crippen LogP contribution in [-0.2, 0) is 47.5 Å². The van der Waals surface area contributed by atoms with Gasteiger partial charge < -0.3 is 58.1 Å². The summed E-state index contributed by atoms with van der Waals surface area (Å²) in [6.07, 6.45) is -3.92. The second-order valence-corrected chi connectivity index (χ2v) is 18.7. The van der Waals surface area contributed by atoms with Crippen molar-refractivity contribution in [1.82, 2.24) is 4.90 Å². The van der Waals surface area contributed by atoms with Gasteiger partial charge in [0.05, 0.1) is 59.2 Å². The number of aliphatic hydroxyl groups is 3. The average molecular weight is 876 g/mol. The molecule has 0 radical (unpaired) electrons. The number of nitrogens with zero attached hydrogens (tertiary/aromatic N) is 1. The SMILES string of the molecule is C#CCO[C@@]1(C)C[C@@H](C)C(=O)[C@H](C)[C@@H](O)[C@](C)(O)[C@@H](CC)OC(=O)[C@H](C)[C@@H](O[C@H]2C[C@@](C)(OC)[C@@H](O)[C@H](C)O2)[C@H](C)[C@H]1O[C@@H]1O[C@H](C)C[C@H](N(C)C)[C@H]1OC(=O)c1ccccc1. The first-order valence-corrected chi connectivity index (χ1v) is 22.0. The molecule has 3 N–H and O–H groups in total. The monoisotopic (exact) mass is 876 g/mol.